The van der Waals surface area contributed by atoms with Gasteiger partial charge in [-0.3, -0.25) is 0 Å². The van der Waals surface area contributed by atoms with Gasteiger partial charge < -0.3 is 15.2 Å². The van der Waals surface area contributed by atoms with Crippen LogP contribution in [0.25, 0.3) is 0 Å². The van der Waals surface area contributed by atoms with Gasteiger partial charge in [-0.25, -0.2) is 4.39 Å². The van der Waals surface area contributed by atoms with Crippen LogP contribution in [0, 0.1) is 5.82 Å². The first-order chi connectivity index (χ1) is 9.70. The summed E-state index contributed by atoms with van der Waals surface area (Å²) in [4.78, 5) is 0. The molecule has 106 valence electrons. The molecular formula is C16H18FNO2. The van der Waals surface area contributed by atoms with Crippen LogP contribution in [0.5, 0.6) is 11.5 Å². The van der Waals surface area contributed by atoms with Crippen LogP contribution in [0.1, 0.15) is 18.1 Å². The molecule has 0 fully saturated rings. The molecule has 0 bridgehead atoms. The summed E-state index contributed by atoms with van der Waals surface area (Å²) in [7, 11) is 0. The Labute approximate surface area is 118 Å². The summed E-state index contributed by atoms with van der Waals surface area (Å²) in [5.74, 6) is -0.0499. The third-order valence-corrected chi connectivity index (χ3v) is 2.92. The zero-order valence-electron chi connectivity index (χ0n) is 11.4. The van der Waals surface area contributed by atoms with E-state index in [1.807, 2.05) is 31.2 Å². The van der Waals surface area contributed by atoms with Crippen molar-refractivity contribution in [1.29, 1.82) is 0 Å². The highest BCUT2D eigenvalue weighted by atomic mass is 19.1. The van der Waals surface area contributed by atoms with Crippen LogP contribution < -0.4 is 10.1 Å². The minimum absolute atomic E-state index is 0.289. The molecule has 0 amide bonds. The maximum atomic E-state index is 13.2. The van der Waals surface area contributed by atoms with Crippen LogP contribution in [-0.2, 0) is 13.1 Å². The zero-order valence-corrected chi connectivity index (χ0v) is 11.4. The minimum Gasteiger partial charge on any atom is -0.505 e. The predicted molar refractivity (Wildman–Crippen MR) is 76.2 cm³/mol. The first-order valence-corrected chi connectivity index (χ1v) is 6.59. The lowest BCUT2D eigenvalue weighted by atomic mass is 10.1. The Bertz CT molecular complexity index is 572. The lowest BCUT2D eigenvalue weighted by Crippen LogP contribution is -2.13. The lowest BCUT2D eigenvalue weighted by molar-refractivity contribution is 0.340. The molecule has 3 nitrogen and oxygen atoms in total. The molecule has 0 radical (unpaired) electrons. The van der Waals surface area contributed by atoms with Gasteiger partial charge >= 0.3 is 0 Å². The molecule has 2 aromatic rings. The predicted octanol–water partition coefficient (Wildman–Crippen LogP) is 3.22. The third kappa shape index (κ3) is 3.71. The van der Waals surface area contributed by atoms with E-state index in [4.69, 9.17) is 4.74 Å². The van der Waals surface area contributed by atoms with Gasteiger partial charge in [0.25, 0.3) is 0 Å². The Morgan fingerprint density at radius 2 is 1.95 bits per heavy atom. The van der Waals surface area contributed by atoms with Gasteiger partial charge in [0.2, 0.25) is 0 Å². The van der Waals surface area contributed by atoms with E-state index in [0.29, 0.717) is 25.3 Å². The van der Waals surface area contributed by atoms with Crippen molar-refractivity contribution in [2.24, 2.45) is 0 Å². The molecule has 0 saturated heterocycles. The molecule has 0 heterocycles. The molecular weight excluding hydrogens is 257 g/mol. The maximum absolute atomic E-state index is 13.2. The van der Waals surface area contributed by atoms with Crippen molar-refractivity contribution >= 4 is 0 Å². The average molecular weight is 275 g/mol. The number of hydrogen-bond acceptors (Lipinski definition) is 3. The molecule has 0 aliphatic carbocycles. The van der Waals surface area contributed by atoms with E-state index in [1.54, 1.807) is 12.1 Å². The monoisotopic (exact) mass is 275 g/mol. The number of nitrogens with one attached hydrogen (secondary N) is 1. The van der Waals surface area contributed by atoms with Crippen molar-refractivity contribution in [3.05, 3.63) is 59.4 Å². The number of para-hydroxylation sites is 1. The van der Waals surface area contributed by atoms with Gasteiger partial charge in [-0.15, -0.1) is 0 Å². The molecule has 0 saturated carbocycles. The van der Waals surface area contributed by atoms with Crippen LogP contribution in [-0.4, -0.2) is 11.7 Å². The van der Waals surface area contributed by atoms with Crippen molar-refractivity contribution in [2.45, 2.75) is 20.0 Å². The van der Waals surface area contributed by atoms with E-state index in [1.165, 1.54) is 6.07 Å². The van der Waals surface area contributed by atoms with E-state index in [-0.39, 0.29) is 5.75 Å². The summed E-state index contributed by atoms with van der Waals surface area (Å²) in [6.07, 6.45) is 0. The smallest absolute Gasteiger partial charge is 0.165 e. The van der Waals surface area contributed by atoms with Gasteiger partial charge in [0.1, 0.15) is 5.75 Å². The van der Waals surface area contributed by atoms with Crippen LogP contribution in [0.15, 0.2) is 42.5 Å². The van der Waals surface area contributed by atoms with Crippen molar-refractivity contribution in [1.82, 2.24) is 5.32 Å². The van der Waals surface area contributed by atoms with E-state index in [0.717, 1.165) is 11.3 Å². The molecule has 0 aliphatic rings. The number of hydrogen-bond donors (Lipinski definition) is 2. The Morgan fingerprint density at radius 1 is 1.15 bits per heavy atom. The topological polar surface area (TPSA) is 41.5 Å². The summed E-state index contributed by atoms with van der Waals surface area (Å²) < 4.78 is 18.6. The van der Waals surface area contributed by atoms with E-state index in [2.05, 4.69) is 5.32 Å². The zero-order chi connectivity index (χ0) is 14.4. The second-order valence-corrected chi connectivity index (χ2v) is 4.43. The third-order valence-electron chi connectivity index (χ3n) is 2.92. The van der Waals surface area contributed by atoms with Gasteiger partial charge in [-0.05, 0) is 30.7 Å². The Morgan fingerprint density at radius 3 is 2.75 bits per heavy atom. The molecule has 2 aromatic carbocycles. The van der Waals surface area contributed by atoms with Crippen molar-refractivity contribution in [3.63, 3.8) is 0 Å². The fourth-order valence-electron chi connectivity index (χ4n) is 1.96. The molecule has 2 N–H and O–H groups in total. The van der Waals surface area contributed by atoms with Crippen molar-refractivity contribution in [3.8, 4) is 11.5 Å². The van der Waals surface area contributed by atoms with Crippen LogP contribution in [0.2, 0.25) is 0 Å². The van der Waals surface area contributed by atoms with Gasteiger partial charge in [-0.1, -0.05) is 24.3 Å². The summed E-state index contributed by atoms with van der Waals surface area (Å²) in [6, 6.07) is 12.3. The highest BCUT2D eigenvalue weighted by molar-refractivity contribution is 5.33. The van der Waals surface area contributed by atoms with E-state index >= 15 is 0 Å². The number of phenolic OH excluding ortho intramolecular Hbond substituents is 1. The van der Waals surface area contributed by atoms with Gasteiger partial charge in [0.05, 0.1) is 6.61 Å². The van der Waals surface area contributed by atoms with Crippen LogP contribution in [0.3, 0.4) is 0 Å². The number of phenols is 1. The SMILES string of the molecule is CCOc1cccc(CNCc2cccc(F)c2O)c1. The fourth-order valence-corrected chi connectivity index (χ4v) is 1.96. The number of ether oxygens (including phenoxy) is 1. The van der Waals surface area contributed by atoms with E-state index < -0.39 is 5.82 Å². The standard InChI is InChI=1S/C16H18FNO2/c1-2-20-14-7-3-5-12(9-14)10-18-11-13-6-4-8-15(17)16(13)19/h3-9,18-19H,2,10-11H2,1H3. The summed E-state index contributed by atoms with van der Waals surface area (Å²) in [6.45, 7) is 3.60. The quantitative estimate of drug-likeness (QED) is 0.850. The molecule has 0 aromatic heterocycles. The molecule has 0 spiro atoms. The van der Waals surface area contributed by atoms with Crippen LogP contribution in [0.4, 0.5) is 4.39 Å². The maximum Gasteiger partial charge on any atom is 0.165 e. The molecule has 0 aliphatic heterocycles. The number of aromatic hydroxyl groups is 1. The first kappa shape index (κ1) is 14.3. The minimum atomic E-state index is -0.595. The van der Waals surface area contributed by atoms with E-state index in [9.17, 15) is 9.50 Å². The van der Waals surface area contributed by atoms with Crippen LogP contribution >= 0.6 is 0 Å². The highest BCUT2D eigenvalue weighted by Crippen LogP contribution is 2.20. The van der Waals surface area contributed by atoms with Gasteiger partial charge in [0.15, 0.2) is 11.6 Å². The normalized spacial score (nSPS) is 10.5. The number of rotatable bonds is 6. The Kier molecular flexibility index (Phi) is 4.96. The lowest BCUT2D eigenvalue weighted by Gasteiger charge is -2.09. The molecule has 20 heavy (non-hydrogen) atoms. The van der Waals surface area contributed by atoms with Crippen molar-refractivity contribution in [2.75, 3.05) is 6.61 Å². The molecule has 2 rings (SSSR count). The molecule has 0 atom stereocenters. The molecule has 0 unspecified atom stereocenters. The largest absolute Gasteiger partial charge is 0.505 e. The van der Waals surface area contributed by atoms with Gasteiger partial charge in [0, 0.05) is 18.7 Å². The van der Waals surface area contributed by atoms with Crippen molar-refractivity contribution < 1.29 is 14.2 Å². The summed E-state index contributed by atoms with van der Waals surface area (Å²) in [5.41, 5.74) is 1.62. The summed E-state index contributed by atoms with van der Waals surface area (Å²) >= 11 is 0. The van der Waals surface area contributed by atoms with Gasteiger partial charge in [-0.2, -0.15) is 0 Å². The first-order valence-electron chi connectivity index (χ1n) is 6.59. The fraction of sp³-hybridized carbons (Fsp3) is 0.250. The second kappa shape index (κ2) is 6.91. The average Bonchev–Trinajstić information content (AvgIpc) is 2.44. The highest BCUT2D eigenvalue weighted by Gasteiger charge is 2.05. The summed E-state index contributed by atoms with van der Waals surface area (Å²) in [5, 5.41) is 12.7. The molecule has 4 heteroatoms. The number of halogens is 1. The number of benzene rings is 2. The Hall–Kier alpha value is -2.07. The Balaban J connectivity index is 1.92. The second-order valence-electron chi connectivity index (χ2n) is 4.43.